The van der Waals surface area contributed by atoms with Gasteiger partial charge in [0.15, 0.2) is 5.82 Å². The lowest BCUT2D eigenvalue weighted by atomic mass is 10.2. The van der Waals surface area contributed by atoms with Crippen LogP contribution in [-0.2, 0) is 9.59 Å². The highest BCUT2D eigenvalue weighted by molar-refractivity contribution is 8.00. The van der Waals surface area contributed by atoms with Crippen LogP contribution < -0.4 is 10.6 Å². The molecule has 0 radical (unpaired) electrons. The molecule has 2 N–H and O–H groups in total. The maximum absolute atomic E-state index is 12.2. The van der Waals surface area contributed by atoms with Crippen LogP contribution in [0.4, 0.5) is 0 Å². The average Bonchev–Trinajstić information content (AvgIpc) is 3.21. The summed E-state index contributed by atoms with van der Waals surface area (Å²) in [6.45, 7) is 4.04. The number of thiophene rings is 1. The van der Waals surface area contributed by atoms with Gasteiger partial charge >= 0.3 is 0 Å². The van der Waals surface area contributed by atoms with Gasteiger partial charge in [0.1, 0.15) is 11.1 Å². The Bertz CT molecular complexity index is 944. The van der Waals surface area contributed by atoms with Crippen LogP contribution in [-0.4, -0.2) is 40.1 Å². The largest absolute Gasteiger partial charge is 0.355 e. The summed E-state index contributed by atoms with van der Waals surface area (Å²) in [6.07, 6.45) is 0. The summed E-state index contributed by atoms with van der Waals surface area (Å²) in [5.41, 5.74) is 0.842. The van der Waals surface area contributed by atoms with E-state index in [4.69, 9.17) is 0 Å². The standard InChI is InChI=1S/C19H20N4O2S2/c1-3-20-18(25)12(2)21-16(24)11-27-19-13-7-4-5-8-14(13)22-17(23-19)15-9-6-10-26-15/h4-10,12H,3,11H2,1-2H3,(H,20,25)(H,21,24)/t12-/m0/s1. The van der Waals surface area contributed by atoms with E-state index in [0.717, 1.165) is 20.8 Å². The van der Waals surface area contributed by atoms with Crippen LogP contribution in [0.5, 0.6) is 0 Å². The Kier molecular flexibility index (Phi) is 6.41. The molecule has 2 aromatic heterocycles. The minimum atomic E-state index is -0.568. The van der Waals surface area contributed by atoms with Gasteiger partial charge in [-0.3, -0.25) is 9.59 Å². The van der Waals surface area contributed by atoms with Crippen LogP contribution >= 0.6 is 23.1 Å². The Morgan fingerprint density at radius 3 is 2.74 bits per heavy atom. The predicted octanol–water partition coefficient (Wildman–Crippen LogP) is 3.09. The molecule has 0 unspecified atom stereocenters. The monoisotopic (exact) mass is 400 g/mol. The van der Waals surface area contributed by atoms with Crippen molar-refractivity contribution in [2.75, 3.05) is 12.3 Å². The molecule has 27 heavy (non-hydrogen) atoms. The first kappa shape index (κ1) is 19.3. The minimum absolute atomic E-state index is 0.175. The fourth-order valence-corrected chi connectivity index (χ4v) is 3.97. The molecular formula is C19H20N4O2S2. The zero-order valence-corrected chi connectivity index (χ0v) is 16.7. The van der Waals surface area contributed by atoms with Gasteiger partial charge in [-0.2, -0.15) is 0 Å². The van der Waals surface area contributed by atoms with Gasteiger partial charge < -0.3 is 10.6 Å². The number of carbonyl (C=O) groups excluding carboxylic acids is 2. The van der Waals surface area contributed by atoms with Crippen molar-refractivity contribution in [3.8, 4) is 10.7 Å². The molecule has 1 atom stereocenters. The van der Waals surface area contributed by atoms with Crippen molar-refractivity contribution < 1.29 is 9.59 Å². The molecule has 2 heterocycles. The van der Waals surface area contributed by atoms with E-state index in [1.807, 2.05) is 48.7 Å². The average molecular weight is 401 g/mol. The smallest absolute Gasteiger partial charge is 0.242 e. The fourth-order valence-electron chi connectivity index (χ4n) is 2.48. The van der Waals surface area contributed by atoms with Gasteiger partial charge in [-0.15, -0.1) is 11.3 Å². The molecule has 0 fully saturated rings. The van der Waals surface area contributed by atoms with E-state index in [0.29, 0.717) is 12.4 Å². The van der Waals surface area contributed by atoms with Gasteiger partial charge in [-0.25, -0.2) is 9.97 Å². The van der Waals surface area contributed by atoms with Crippen molar-refractivity contribution in [3.05, 3.63) is 41.8 Å². The highest BCUT2D eigenvalue weighted by Crippen LogP contribution is 2.29. The first-order valence-corrected chi connectivity index (χ1v) is 10.5. The molecule has 0 saturated carbocycles. The summed E-state index contributed by atoms with van der Waals surface area (Å²) >= 11 is 2.92. The van der Waals surface area contributed by atoms with Crippen molar-refractivity contribution in [2.45, 2.75) is 24.9 Å². The Balaban J connectivity index is 1.76. The summed E-state index contributed by atoms with van der Waals surface area (Å²) in [7, 11) is 0. The number of aromatic nitrogens is 2. The van der Waals surface area contributed by atoms with E-state index in [1.54, 1.807) is 18.3 Å². The maximum atomic E-state index is 12.2. The summed E-state index contributed by atoms with van der Waals surface area (Å²) in [5.74, 6) is 0.430. The number of amides is 2. The van der Waals surface area contributed by atoms with Crippen LogP contribution in [0.2, 0.25) is 0 Å². The normalized spacial score (nSPS) is 11.9. The molecular weight excluding hydrogens is 380 g/mol. The van der Waals surface area contributed by atoms with E-state index in [-0.39, 0.29) is 17.6 Å². The Morgan fingerprint density at radius 2 is 2.00 bits per heavy atom. The zero-order chi connectivity index (χ0) is 19.2. The lowest BCUT2D eigenvalue weighted by Crippen LogP contribution is -2.45. The first-order chi connectivity index (χ1) is 13.1. The number of nitrogens with zero attached hydrogens (tertiary/aromatic N) is 2. The van der Waals surface area contributed by atoms with E-state index < -0.39 is 6.04 Å². The fraction of sp³-hybridized carbons (Fsp3) is 0.263. The second-order valence-electron chi connectivity index (χ2n) is 5.82. The van der Waals surface area contributed by atoms with Crippen LogP contribution in [0.1, 0.15) is 13.8 Å². The maximum Gasteiger partial charge on any atom is 0.242 e. The van der Waals surface area contributed by atoms with Crippen molar-refractivity contribution in [1.82, 2.24) is 20.6 Å². The SMILES string of the molecule is CCNC(=O)[C@H](C)NC(=O)CSc1nc(-c2cccs2)nc2ccccc12. The molecule has 2 amide bonds. The highest BCUT2D eigenvalue weighted by Gasteiger charge is 2.16. The second-order valence-corrected chi connectivity index (χ2v) is 7.73. The van der Waals surface area contributed by atoms with Gasteiger partial charge in [0, 0.05) is 11.9 Å². The minimum Gasteiger partial charge on any atom is -0.355 e. The number of likely N-dealkylation sites (N-methyl/N-ethyl adjacent to an activating group) is 1. The molecule has 3 aromatic rings. The lowest BCUT2D eigenvalue weighted by molar-refractivity contribution is -0.127. The third-order valence-electron chi connectivity index (χ3n) is 3.77. The van der Waals surface area contributed by atoms with Crippen molar-refractivity contribution in [3.63, 3.8) is 0 Å². The van der Waals surface area contributed by atoms with Gasteiger partial charge in [0.05, 0.1) is 16.1 Å². The predicted molar refractivity (Wildman–Crippen MR) is 110 cm³/mol. The molecule has 0 spiro atoms. The van der Waals surface area contributed by atoms with Gasteiger partial charge in [-0.1, -0.05) is 36.0 Å². The Morgan fingerprint density at radius 1 is 1.19 bits per heavy atom. The van der Waals surface area contributed by atoms with Crippen molar-refractivity contribution in [2.24, 2.45) is 0 Å². The highest BCUT2D eigenvalue weighted by atomic mass is 32.2. The van der Waals surface area contributed by atoms with Crippen molar-refractivity contribution in [1.29, 1.82) is 0 Å². The van der Waals surface area contributed by atoms with Gasteiger partial charge in [-0.05, 0) is 31.4 Å². The zero-order valence-electron chi connectivity index (χ0n) is 15.1. The number of nitrogens with one attached hydrogen (secondary N) is 2. The van der Waals surface area contributed by atoms with Crippen LogP contribution in [0, 0.1) is 0 Å². The van der Waals surface area contributed by atoms with Gasteiger partial charge in [0.2, 0.25) is 11.8 Å². The third kappa shape index (κ3) is 4.84. The summed E-state index contributed by atoms with van der Waals surface area (Å²) in [6, 6.07) is 11.1. The first-order valence-electron chi connectivity index (χ1n) is 8.59. The van der Waals surface area contributed by atoms with E-state index in [9.17, 15) is 9.59 Å². The lowest BCUT2D eigenvalue weighted by Gasteiger charge is -2.13. The molecule has 0 aliphatic rings. The molecule has 0 aliphatic heterocycles. The number of hydrogen-bond acceptors (Lipinski definition) is 6. The van der Waals surface area contributed by atoms with Crippen LogP contribution in [0.25, 0.3) is 21.6 Å². The third-order valence-corrected chi connectivity index (χ3v) is 5.63. The number of carbonyl (C=O) groups is 2. The molecule has 1 aromatic carbocycles. The number of para-hydroxylation sites is 1. The summed E-state index contributed by atoms with van der Waals surface area (Å²) < 4.78 is 0. The molecule has 6 nitrogen and oxygen atoms in total. The second kappa shape index (κ2) is 8.96. The topological polar surface area (TPSA) is 84.0 Å². The van der Waals surface area contributed by atoms with Crippen LogP contribution in [0.3, 0.4) is 0 Å². The number of benzene rings is 1. The molecule has 0 bridgehead atoms. The van der Waals surface area contributed by atoms with Crippen LogP contribution in [0.15, 0.2) is 46.8 Å². The summed E-state index contributed by atoms with van der Waals surface area (Å²) in [5, 5.41) is 9.05. The number of thioether (sulfide) groups is 1. The number of fused-ring (bicyclic) bond motifs is 1. The summed E-state index contributed by atoms with van der Waals surface area (Å²) in [4.78, 5) is 34.3. The molecule has 0 saturated heterocycles. The number of hydrogen-bond donors (Lipinski definition) is 2. The molecule has 0 aliphatic carbocycles. The quantitative estimate of drug-likeness (QED) is 0.470. The van der Waals surface area contributed by atoms with E-state index in [2.05, 4.69) is 20.6 Å². The molecule has 140 valence electrons. The van der Waals surface area contributed by atoms with Gasteiger partial charge in [0.25, 0.3) is 0 Å². The molecule has 3 rings (SSSR count). The molecule has 8 heteroatoms. The van der Waals surface area contributed by atoms with Crippen molar-refractivity contribution >= 4 is 45.8 Å². The Hall–Kier alpha value is -2.45. The van der Waals surface area contributed by atoms with E-state index in [1.165, 1.54) is 11.8 Å². The number of rotatable bonds is 7. The van der Waals surface area contributed by atoms with E-state index >= 15 is 0 Å². The Labute approximate surface area is 165 Å².